The largest absolute Gasteiger partial charge is 0.144 e. The normalized spacial score (nSPS) is 11.5. The molecule has 5 aromatic carbocycles. The first-order valence-electron chi connectivity index (χ1n) is 9.98. The van der Waals surface area contributed by atoms with Gasteiger partial charge in [0, 0.05) is 9.35 Å². The fraction of sp³-hybridized carbons (Fsp3) is 0. The SMILES string of the molecule is Brc1c2ccccc2c(-c2ccc(-c3cccs3)c3ccccc23)c2ccccc12. The number of hydrogen-bond acceptors (Lipinski definition) is 1. The van der Waals surface area contributed by atoms with Gasteiger partial charge in [0.25, 0.3) is 0 Å². The van der Waals surface area contributed by atoms with E-state index in [1.807, 2.05) is 0 Å². The second-order valence-electron chi connectivity index (χ2n) is 7.46. The molecule has 0 aliphatic heterocycles. The van der Waals surface area contributed by atoms with Crippen LogP contribution in [0.25, 0.3) is 53.9 Å². The number of halogens is 1. The van der Waals surface area contributed by atoms with Gasteiger partial charge in [-0.1, -0.05) is 91.0 Å². The lowest BCUT2D eigenvalue weighted by atomic mass is 9.88. The van der Waals surface area contributed by atoms with Gasteiger partial charge in [0.2, 0.25) is 0 Å². The molecule has 1 heterocycles. The molecule has 0 fully saturated rings. The lowest BCUT2D eigenvalue weighted by molar-refractivity contribution is 1.69. The van der Waals surface area contributed by atoms with Crippen molar-refractivity contribution in [3.8, 4) is 21.6 Å². The van der Waals surface area contributed by atoms with Crippen molar-refractivity contribution in [3.05, 3.63) is 107 Å². The smallest absolute Gasteiger partial charge is 0.0348 e. The second-order valence-corrected chi connectivity index (χ2v) is 9.20. The van der Waals surface area contributed by atoms with Crippen LogP contribution in [0, 0.1) is 0 Å². The third kappa shape index (κ3) is 2.64. The van der Waals surface area contributed by atoms with Gasteiger partial charge in [-0.15, -0.1) is 11.3 Å². The molecule has 0 spiro atoms. The summed E-state index contributed by atoms with van der Waals surface area (Å²) in [6, 6.07) is 35.1. The maximum atomic E-state index is 3.88. The molecule has 142 valence electrons. The monoisotopic (exact) mass is 464 g/mol. The Kier molecular flexibility index (Phi) is 4.22. The first-order chi connectivity index (χ1) is 14.8. The summed E-state index contributed by atoms with van der Waals surface area (Å²) < 4.78 is 1.16. The molecule has 0 aliphatic carbocycles. The maximum absolute atomic E-state index is 3.88. The molecule has 0 radical (unpaired) electrons. The topological polar surface area (TPSA) is 0 Å². The Labute approximate surface area is 187 Å². The highest BCUT2D eigenvalue weighted by atomic mass is 79.9. The minimum atomic E-state index is 1.16. The Balaban J connectivity index is 1.79. The zero-order chi connectivity index (χ0) is 20.1. The molecule has 0 nitrogen and oxygen atoms in total. The van der Waals surface area contributed by atoms with E-state index in [0.717, 1.165) is 4.47 Å². The van der Waals surface area contributed by atoms with Crippen molar-refractivity contribution in [2.24, 2.45) is 0 Å². The highest BCUT2D eigenvalue weighted by Gasteiger charge is 2.16. The predicted octanol–water partition coefficient (Wildman–Crippen LogP) is 9.30. The zero-order valence-corrected chi connectivity index (χ0v) is 18.5. The van der Waals surface area contributed by atoms with Crippen LogP contribution in [0.15, 0.2) is 107 Å². The third-order valence-corrected chi connectivity index (χ3v) is 7.60. The molecule has 0 atom stereocenters. The number of fused-ring (bicyclic) bond motifs is 3. The van der Waals surface area contributed by atoms with Crippen LogP contribution in [-0.2, 0) is 0 Å². The average molecular weight is 465 g/mol. The van der Waals surface area contributed by atoms with Crippen molar-refractivity contribution >= 4 is 59.6 Å². The van der Waals surface area contributed by atoms with E-state index in [1.165, 1.54) is 53.9 Å². The molecule has 0 bridgehead atoms. The van der Waals surface area contributed by atoms with Gasteiger partial charge in [-0.3, -0.25) is 0 Å². The summed E-state index contributed by atoms with van der Waals surface area (Å²) in [5, 5.41) is 9.78. The van der Waals surface area contributed by atoms with Gasteiger partial charge in [-0.2, -0.15) is 0 Å². The van der Waals surface area contributed by atoms with Crippen LogP contribution in [0.4, 0.5) is 0 Å². The van der Waals surface area contributed by atoms with E-state index in [2.05, 4.69) is 118 Å². The molecular weight excluding hydrogens is 448 g/mol. The van der Waals surface area contributed by atoms with E-state index >= 15 is 0 Å². The van der Waals surface area contributed by atoms with Gasteiger partial charge in [0.05, 0.1) is 0 Å². The number of hydrogen-bond donors (Lipinski definition) is 0. The highest BCUT2D eigenvalue weighted by Crippen LogP contribution is 2.45. The Bertz CT molecular complexity index is 1490. The van der Waals surface area contributed by atoms with Crippen molar-refractivity contribution < 1.29 is 0 Å². The van der Waals surface area contributed by atoms with E-state index in [4.69, 9.17) is 0 Å². The second kappa shape index (κ2) is 7.09. The molecule has 0 saturated carbocycles. The van der Waals surface area contributed by atoms with Gasteiger partial charge in [0.1, 0.15) is 0 Å². The molecule has 2 heteroatoms. The number of benzene rings is 5. The molecule has 30 heavy (non-hydrogen) atoms. The minimum absolute atomic E-state index is 1.16. The van der Waals surface area contributed by atoms with Crippen LogP contribution in [-0.4, -0.2) is 0 Å². The molecular formula is C28H17BrS. The summed E-state index contributed by atoms with van der Waals surface area (Å²) in [5.41, 5.74) is 3.89. The molecule has 0 aliphatic rings. The quantitative estimate of drug-likeness (QED) is 0.224. The van der Waals surface area contributed by atoms with Crippen molar-refractivity contribution in [2.45, 2.75) is 0 Å². The van der Waals surface area contributed by atoms with Crippen LogP contribution < -0.4 is 0 Å². The van der Waals surface area contributed by atoms with Gasteiger partial charge in [0.15, 0.2) is 0 Å². The van der Waals surface area contributed by atoms with Crippen molar-refractivity contribution in [1.82, 2.24) is 0 Å². The molecule has 0 amide bonds. The van der Waals surface area contributed by atoms with E-state index in [1.54, 1.807) is 11.3 Å². The lowest BCUT2D eigenvalue weighted by Gasteiger charge is -2.17. The molecule has 0 unspecified atom stereocenters. The predicted molar refractivity (Wildman–Crippen MR) is 135 cm³/mol. The Morgan fingerprint density at radius 3 is 1.53 bits per heavy atom. The first-order valence-corrected chi connectivity index (χ1v) is 11.6. The van der Waals surface area contributed by atoms with E-state index < -0.39 is 0 Å². The summed E-state index contributed by atoms with van der Waals surface area (Å²) >= 11 is 5.67. The number of thiophene rings is 1. The Morgan fingerprint density at radius 1 is 0.467 bits per heavy atom. The summed E-state index contributed by atoms with van der Waals surface area (Å²) in [6.07, 6.45) is 0. The molecule has 0 saturated heterocycles. The molecule has 6 aromatic rings. The van der Waals surface area contributed by atoms with Gasteiger partial charge in [-0.05, 0) is 76.4 Å². The average Bonchev–Trinajstić information content (AvgIpc) is 3.34. The number of rotatable bonds is 2. The van der Waals surface area contributed by atoms with Crippen molar-refractivity contribution in [1.29, 1.82) is 0 Å². The lowest BCUT2D eigenvalue weighted by Crippen LogP contribution is -1.90. The fourth-order valence-electron chi connectivity index (χ4n) is 4.53. The highest BCUT2D eigenvalue weighted by molar-refractivity contribution is 9.10. The molecule has 0 N–H and O–H groups in total. The van der Waals surface area contributed by atoms with Crippen LogP contribution in [0.3, 0.4) is 0 Å². The van der Waals surface area contributed by atoms with E-state index in [9.17, 15) is 0 Å². The fourth-order valence-corrected chi connectivity index (χ4v) is 5.99. The summed E-state index contributed by atoms with van der Waals surface area (Å²) in [6.45, 7) is 0. The Hall–Kier alpha value is -2.94. The first kappa shape index (κ1) is 17.9. The van der Waals surface area contributed by atoms with Crippen LogP contribution in [0.2, 0.25) is 0 Å². The van der Waals surface area contributed by atoms with Crippen molar-refractivity contribution in [2.75, 3.05) is 0 Å². The third-order valence-electron chi connectivity index (χ3n) is 5.85. The van der Waals surface area contributed by atoms with Gasteiger partial charge in [-0.25, -0.2) is 0 Å². The molecule has 1 aromatic heterocycles. The summed E-state index contributed by atoms with van der Waals surface area (Å²) in [7, 11) is 0. The van der Waals surface area contributed by atoms with E-state index in [-0.39, 0.29) is 0 Å². The van der Waals surface area contributed by atoms with Gasteiger partial charge >= 0.3 is 0 Å². The van der Waals surface area contributed by atoms with E-state index in [0.29, 0.717) is 0 Å². The Morgan fingerprint density at radius 2 is 0.967 bits per heavy atom. The van der Waals surface area contributed by atoms with Crippen LogP contribution in [0.5, 0.6) is 0 Å². The molecule has 6 rings (SSSR count). The van der Waals surface area contributed by atoms with Crippen molar-refractivity contribution in [3.63, 3.8) is 0 Å². The standard InChI is InChI=1S/C28H17BrS/c29-28-24-12-5-3-10-21(24)27(22-11-4-6-13-25(22)28)23-16-15-20(26-14-7-17-30-26)18-8-1-2-9-19(18)23/h1-17H. The zero-order valence-electron chi connectivity index (χ0n) is 16.1. The maximum Gasteiger partial charge on any atom is 0.0348 e. The van der Waals surface area contributed by atoms with Crippen LogP contribution in [0.1, 0.15) is 0 Å². The minimum Gasteiger partial charge on any atom is -0.144 e. The summed E-state index contributed by atoms with van der Waals surface area (Å²) in [5.74, 6) is 0. The van der Waals surface area contributed by atoms with Crippen LogP contribution >= 0.6 is 27.3 Å². The van der Waals surface area contributed by atoms with Gasteiger partial charge < -0.3 is 0 Å². The summed E-state index contributed by atoms with van der Waals surface area (Å²) in [4.78, 5) is 1.31.